The van der Waals surface area contributed by atoms with Crippen LogP contribution in [0.5, 0.6) is 0 Å². The number of hydrogen-bond donors (Lipinski definition) is 0. The first-order valence-electron chi connectivity index (χ1n) is 11.6. The maximum absolute atomic E-state index is 12.7. The summed E-state index contributed by atoms with van der Waals surface area (Å²) in [5.74, 6) is -0.112. The number of ketones is 1. The van der Waals surface area contributed by atoms with Crippen LogP contribution in [0.4, 0.5) is 11.4 Å². The van der Waals surface area contributed by atoms with Gasteiger partial charge in [0.2, 0.25) is 4.99 Å². The molecular weight excluding hydrogens is 523 g/mol. The first kappa shape index (κ1) is 23.8. The van der Waals surface area contributed by atoms with E-state index in [0.717, 1.165) is 33.8 Å². The van der Waals surface area contributed by atoms with Crippen LogP contribution in [0, 0.1) is 0 Å². The third-order valence-corrected chi connectivity index (χ3v) is 8.14. The fourth-order valence-corrected chi connectivity index (χ4v) is 6.09. The van der Waals surface area contributed by atoms with Gasteiger partial charge in [-0.3, -0.25) is 4.79 Å². The van der Waals surface area contributed by atoms with Gasteiger partial charge in [-0.1, -0.05) is 77.8 Å². The van der Waals surface area contributed by atoms with Crippen molar-refractivity contribution >= 4 is 62.9 Å². The number of Topliss-reactive ketones (excluding diaryl/α,β-unsaturated/α-hetero) is 1. The van der Waals surface area contributed by atoms with Gasteiger partial charge in [-0.15, -0.1) is 0 Å². The molecule has 0 saturated carbocycles. The largest absolute Gasteiger partial charge is 0.292 e. The third-order valence-electron chi connectivity index (χ3n) is 6.23. The van der Waals surface area contributed by atoms with Crippen molar-refractivity contribution < 1.29 is 4.79 Å². The fraction of sp³-hybridized carbons (Fsp3) is 0.0690. The van der Waals surface area contributed by atoms with Crippen LogP contribution in [0.3, 0.4) is 0 Å². The number of benzene rings is 4. The maximum atomic E-state index is 12.7. The number of carbonyl (C=O) groups excluding carboxylic acids is 1. The highest BCUT2D eigenvalue weighted by Crippen LogP contribution is 2.55. The summed E-state index contributed by atoms with van der Waals surface area (Å²) in [5, 5.41) is 15.6. The van der Waals surface area contributed by atoms with Gasteiger partial charge in [-0.05, 0) is 60.3 Å². The smallest absolute Gasteiger partial charge is 0.234 e. The molecule has 182 valence electrons. The lowest BCUT2D eigenvalue weighted by molar-refractivity contribution is -0.110. The molecule has 0 radical (unpaired) electrons. The van der Waals surface area contributed by atoms with Crippen LogP contribution >= 0.6 is 35.0 Å². The molecule has 6 rings (SSSR count). The average Bonchev–Trinajstić information content (AvgIpc) is 3.32. The molecule has 4 aromatic rings. The van der Waals surface area contributed by atoms with Crippen molar-refractivity contribution in [3.05, 3.63) is 130 Å². The van der Waals surface area contributed by atoms with Gasteiger partial charge in [0.05, 0.1) is 17.1 Å². The van der Waals surface area contributed by atoms with E-state index in [9.17, 15) is 4.79 Å². The highest BCUT2D eigenvalue weighted by molar-refractivity contribution is 8.17. The fourth-order valence-electron chi connectivity index (χ4n) is 4.55. The van der Waals surface area contributed by atoms with Crippen LogP contribution in [-0.4, -0.2) is 16.5 Å². The van der Waals surface area contributed by atoms with Gasteiger partial charge in [0.1, 0.15) is 0 Å². The molecule has 0 aromatic heterocycles. The van der Waals surface area contributed by atoms with Crippen molar-refractivity contribution in [2.24, 2.45) is 10.2 Å². The summed E-state index contributed by atoms with van der Waals surface area (Å²) in [6.45, 7) is 1.54. The van der Waals surface area contributed by atoms with E-state index >= 15 is 0 Å². The lowest BCUT2D eigenvalue weighted by Gasteiger charge is -2.47. The van der Waals surface area contributed by atoms with E-state index in [-0.39, 0.29) is 5.78 Å². The van der Waals surface area contributed by atoms with Crippen LogP contribution in [0.1, 0.15) is 23.6 Å². The monoisotopic (exact) mass is 542 g/mol. The average molecular weight is 543 g/mol. The number of halogens is 2. The Kier molecular flexibility index (Phi) is 6.03. The minimum atomic E-state index is -0.997. The van der Waals surface area contributed by atoms with Crippen molar-refractivity contribution in [2.75, 3.05) is 10.0 Å². The van der Waals surface area contributed by atoms with E-state index in [1.165, 1.54) is 18.7 Å². The second-order valence-corrected chi connectivity index (χ2v) is 10.6. The van der Waals surface area contributed by atoms with Crippen LogP contribution in [0.2, 0.25) is 10.0 Å². The van der Waals surface area contributed by atoms with E-state index in [4.69, 9.17) is 33.4 Å². The van der Waals surface area contributed by atoms with Crippen LogP contribution in [-0.2, 0) is 9.79 Å². The quantitative estimate of drug-likeness (QED) is 0.267. The second-order valence-electron chi connectivity index (χ2n) is 8.61. The molecule has 2 heterocycles. The standard InChI is InChI=1S/C29H20Cl2N4OS/c1-19(36)28-33-35(24-17-15-22(31)16-18-24)29(37-28)26-10-6-5-9-25(26)27(20-11-13-21(30)14-12-20)32-34(29)23-7-3-2-4-8-23/h2-18H,1H3/t29-/m0/s1. The highest BCUT2D eigenvalue weighted by atomic mass is 35.5. The summed E-state index contributed by atoms with van der Waals surface area (Å²) in [5.41, 5.74) is 5.28. The molecule has 0 fully saturated rings. The first-order chi connectivity index (χ1) is 18.0. The molecule has 37 heavy (non-hydrogen) atoms. The number of hydrazone groups is 2. The molecule has 8 heteroatoms. The second kappa shape index (κ2) is 9.38. The lowest BCUT2D eigenvalue weighted by atomic mass is 9.93. The molecule has 4 aromatic carbocycles. The van der Waals surface area contributed by atoms with E-state index in [0.29, 0.717) is 15.1 Å². The Labute approximate surface area is 229 Å². The number of para-hydroxylation sites is 1. The molecule has 0 amide bonds. The summed E-state index contributed by atoms with van der Waals surface area (Å²) < 4.78 is 0. The zero-order chi connectivity index (χ0) is 25.6. The van der Waals surface area contributed by atoms with Gasteiger partial charge in [-0.25, -0.2) is 10.0 Å². The number of thioether (sulfide) groups is 1. The van der Waals surface area contributed by atoms with Gasteiger partial charge < -0.3 is 0 Å². The maximum Gasteiger partial charge on any atom is 0.234 e. The van der Waals surface area contributed by atoms with Crippen LogP contribution in [0.15, 0.2) is 113 Å². The molecule has 5 nitrogen and oxygen atoms in total. The number of nitrogens with zero attached hydrogens (tertiary/aromatic N) is 4. The summed E-state index contributed by atoms with van der Waals surface area (Å²) in [6.07, 6.45) is 0. The summed E-state index contributed by atoms with van der Waals surface area (Å²) in [7, 11) is 0. The van der Waals surface area contributed by atoms with Crippen LogP contribution in [0.25, 0.3) is 0 Å². The molecule has 1 spiro atoms. The van der Waals surface area contributed by atoms with Crippen molar-refractivity contribution in [1.29, 1.82) is 0 Å². The number of rotatable bonds is 4. The van der Waals surface area contributed by atoms with E-state index in [2.05, 4.69) is 12.1 Å². The molecule has 0 unspecified atom stereocenters. The Bertz CT molecular complexity index is 1560. The minimum Gasteiger partial charge on any atom is -0.292 e. The van der Waals surface area contributed by atoms with Crippen molar-refractivity contribution in [2.45, 2.75) is 11.9 Å². The van der Waals surface area contributed by atoms with E-state index in [1.807, 2.05) is 101 Å². The summed E-state index contributed by atoms with van der Waals surface area (Å²) >= 11 is 13.8. The molecule has 0 bridgehead atoms. The Morgan fingerprint density at radius 3 is 1.97 bits per heavy atom. The zero-order valence-corrected chi connectivity index (χ0v) is 22.0. The molecule has 2 aliphatic rings. The molecule has 0 aliphatic carbocycles. The number of hydrogen-bond acceptors (Lipinski definition) is 6. The normalized spacial score (nSPS) is 18.5. The predicted molar refractivity (Wildman–Crippen MR) is 154 cm³/mol. The molecule has 0 saturated heterocycles. The SMILES string of the molecule is CC(=O)C1=NN(c2ccc(Cl)cc2)[C@]2(S1)c1ccccc1C(c1ccc(Cl)cc1)=NN2c1ccccc1. The van der Waals surface area contributed by atoms with Crippen molar-refractivity contribution in [3.63, 3.8) is 0 Å². The van der Waals surface area contributed by atoms with Crippen molar-refractivity contribution in [3.8, 4) is 0 Å². The van der Waals surface area contributed by atoms with Gasteiger partial charge >= 0.3 is 0 Å². The predicted octanol–water partition coefficient (Wildman–Crippen LogP) is 7.53. The van der Waals surface area contributed by atoms with Gasteiger partial charge in [-0.2, -0.15) is 10.2 Å². The Morgan fingerprint density at radius 2 is 1.30 bits per heavy atom. The first-order valence-corrected chi connectivity index (χ1v) is 13.2. The Hall–Kier alpha value is -3.58. The Balaban J connectivity index is 1.66. The summed E-state index contributed by atoms with van der Waals surface area (Å²) in [4.78, 5) is 11.7. The van der Waals surface area contributed by atoms with Gasteiger partial charge in [0, 0.05) is 33.7 Å². The highest BCUT2D eigenvalue weighted by Gasteiger charge is 2.55. The zero-order valence-electron chi connectivity index (χ0n) is 19.7. The topological polar surface area (TPSA) is 48.3 Å². The molecule has 1 atom stereocenters. The molecule has 0 N–H and O–H groups in total. The molecule has 2 aliphatic heterocycles. The minimum absolute atomic E-state index is 0.112. The van der Waals surface area contributed by atoms with Crippen molar-refractivity contribution in [1.82, 2.24) is 0 Å². The molecular formula is C29H20Cl2N4OS. The Morgan fingerprint density at radius 1 is 0.730 bits per heavy atom. The number of anilines is 2. The third kappa shape index (κ3) is 4.02. The van der Waals surface area contributed by atoms with Crippen LogP contribution < -0.4 is 10.0 Å². The van der Waals surface area contributed by atoms with Gasteiger partial charge in [0.25, 0.3) is 0 Å². The van der Waals surface area contributed by atoms with Gasteiger partial charge in [0.15, 0.2) is 10.8 Å². The summed E-state index contributed by atoms with van der Waals surface area (Å²) in [6, 6.07) is 33.2. The number of fused-ring (bicyclic) bond motifs is 2. The number of carbonyl (C=O) groups is 1. The van der Waals surface area contributed by atoms with E-state index < -0.39 is 4.99 Å². The van der Waals surface area contributed by atoms with E-state index in [1.54, 1.807) is 0 Å². The lowest BCUT2D eigenvalue weighted by Crippen LogP contribution is -2.54.